The molecule has 0 unspecified atom stereocenters. The van der Waals surface area contributed by atoms with Gasteiger partial charge >= 0.3 is 0 Å². The maximum absolute atomic E-state index is 13.4. The molecule has 0 saturated heterocycles. The van der Waals surface area contributed by atoms with Crippen LogP contribution in [0.3, 0.4) is 0 Å². The number of benzene rings is 1. The zero-order chi connectivity index (χ0) is 23.5. The van der Waals surface area contributed by atoms with Gasteiger partial charge in [-0.1, -0.05) is 30.3 Å². The molecule has 1 aromatic carbocycles. The van der Waals surface area contributed by atoms with Crippen LogP contribution >= 0.6 is 0 Å². The maximum atomic E-state index is 13.4. The lowest BCUT2D eigenvalue weighted by atomic mass is 10.2. The standard InChI is InChI=1S/C26H31N3O4/c1-27-15-6-11-23(27)19-29(20-24-12-7-18-33-24)26(31)21-28(16-8-17-32-2)25(30)14-13-22-9-4-3-5-10-22/h3-7,9-15,18H,8,16-17,19-21H2,1-2H3/b14-13+. The van der Waals surface area contributed by atoms with E-state index in [4.69, 9.17) is 9.15 Å². The highest BCUT2D eigenvalue weighted by Gasteiger charge is 2.22. The van der Waals surface area contributed by atoms with Crippen molar-refractivity contribution in [3.8, 4) is 0 Å². The van der Waals surface area contributed by atoms with Crippen LogP contribution in [0, 0.1) is 0 Å². The number of furan rings is 1. The number of aromatic nitrogens is 1. The van der Waals surface area contributed by atoms with Gasteiger partial charge in [-0.3, -0.25) is 9.59 Å². The molecule has 174 valence electrons. The second-order valence-corrected chi connectivity index (χ2v) is 7.79. The summed E-state index contributed by atoms with van der Waals surface area (Å²) >= 11 is 0. The summed E-state index contributed by atoms with van der Waals surface area (Å²) in [5.41, 5.74) is 1.92. The van der Waals surface area contributed by atoms with E-state index in [2.05, 4.69) is 0 Å². The molecule has 0 N–H and O–H groups in total. The first-order chi connectivity index (χ1) is 16.1. The molecule has 0 fully saturated rings. The van der Waals surface area contributed by atoms with Crippen LogP contribution in [0.2, 0.25) is 0 Å². The third-order valence-corrected chi connectivity index (χ3v) is 5.32. The zero-order valence-electron chi connectivity index (χ0n) is 19.2. The first-order valence-electron chi connectivity index (χ1n) is 11.0. The summed E-state index contributed by atoms with van der Waals surface area (Å²) in [6, 6.07) is 17.2. The average Bonchev–Trinajstić information content (AvgIpc) is 3.49. The SMILES string of the molecule is COCCCN(CC(=O)N(Cc1ccco1)Cc1cccn1C)C(=O)/C=C/c1ccccc1. The van der Waals surface area contributed by atoms with E-state index in [1.54, 1.807) is 35.3 Å². The van der Waals surface area contributed by atoms with Gasteiger partial charge in [-0.2, -0.15) is 0 Å². The Balaban J connectivity index is 1.73. The summed E-state index contributed by atoms with van der Waals surface area (Å²) < 4.78 is 12.6. The molecule has 0 saturated carbocycles. The van der Waals surface area contributed by atoms with Gasteiger partial charge in [0.15, 0.2) is 0 Å². The number of rotatable bonds is 12. The Hall–Kier alpha value is -3.58. The normalized spacial score (nSPS) is 11.1. The van der Waals surface area contributed by atoms with Crippen LogP contribution in [-0.2, 0) is 34.5 Å². The van der Waals surface area contributed by atoms with Crippen LogP contribution in [0.15, 0.2) is 77.6 Å². The van der Waals surface area contributed by atoms with Crippen molar-refractivity contribution >= 4 is 17.9 Å². The molecule has 0 atom stereocenters. The van der Waals surface area contributed by atoms with E-state index in [0.29, 0.717) is 38.4 Å². The van der Waals surface area contributed by atoms with Crippen molar-refractivity contribution in [3.05, 3.63) is 90.2 Å². The van der Waals surface area contributed by atoms with Gasteiger partial charge in [0.2, 0.25) is 11.8 Å². The van der Waals surface area contributed by atoms with Crippen LogP contribution < -0.4 is 0 Å². The van der Waals surface area contributed by atoms with Crippen molar-refractivity contribution in [1.29, 1.82) is 0 Å². The predicted molar refractivity (Wildman–Crippen MR) is 127 cm³/mol. The molecule has 2 heterocycles. The molecule has 7 heteroatoms. The molecule has 2 aromatic heterocycles. The van der Waals surface area contributed by atoms with Crippen LogP contribution in [0.5, 0.6) is 0 Å². The molecule has 3 rings (SSSR count). The number of methoxy groups -OCH3 is 1. The lowest BCUT2D eigenvalue weighted by Gasteiger charge is -2.27. The minimum atomic E-state index is -0.208. The van der Waals surface area contributed by atoms with E-state index in [-0.39, 0.29) is 18.4 Å². The van der Waals surface area contributed by atoms with E-state index in [9.17, 15) is 9.59 Å². The van der Waals surface area contributed by atoms with Crippen molar-refractivity contribution in [2.24, 2.45) is 7.05 Å². The van der Waals surface area contributed by atoms with Crippen LogP contribution in [-0.4, -0.2) is 53.0 Å². The highest BCUT2D eigenvalue weighted by Crippen LogP contribution is 2.13. The Labute approximate surface area is 194 Å². The molecular formula is C26H31N3O4. The molecule has 33 heavy (non-hydrogen) atoms. The fraction of sp³-hybridized carbons (Fsp3) is 0.308. The van der Waals surface area contributed by atoms with E-state index >= 15 is 0 Å². The Morgan fingerprint density at radius 3 is 2.52 bits per heavy atom. The minimum absolute atomic E-state index is 0.0210. The molecule has 7 nitrogen and oxygen atoms in total. The third-order valence-electron chi connectivity index (χ3n) is 5.32. The first kappa shape index (κ1) is 24.1. The van der Waals surface area contributed by atoms with Gasteiger partial charge in [0, 0.05) is 45.3 Å². The monoisotopic (exact) mass is 449 g/mol. The number of carbonyl (C=O) groups excluding carboxylic acids is 2. The van der Waals surface area contributed by atoms with Gasteiger partial charge < -0.3 is 23.5 Å². The first-order valence-corrected chi connectivity index (χ1v) is 11.0. The van der Waals surface area contributed by atoms with Gasteiger partial charge in [0.25, 0.3) is 0 Å². The number of carbonyl (C=O) groups is 2. The van der Waals surface area contributed by atoms with Crippen molar-refractivity contribution < 1.29 is 18.7 Å². The van der Waals surface area contributed by atoms with Crippen LogP contribution in [0.25, 0.3) is 6.08 Å². The van der Waals surface area contributed by atoms with Gasteiger partial charge in [-0.15, -0.1) is 0 Å². The molecule has 0 aliphatic heterocycles. The molecule has 3 aromatic rings. The fourth-order valence-corrected chi connectivity index (χ4v) is 3.45. The van der Waals surface area contributed by atoms with Gasteiger partial charge in [-0.25, -0.2) is 0 Å². The molecule has 0 radical (unpaired) electrons. The highest BCUT2D eigenvalue weighted by molar-refractivity contribution is 5.94. The van der Waals surface area contributed by atoms with Crippen molar-refractivity contribution in [1.82, 2.24) is 14.4 Å². The lowest BCUT2D eigenvalue weighted by molar-refractivity contribution is -0.139. The third kappa shape index (κ3) is 7.50. The molecule has 2 amide bonds. The number of amides is 2. The fourth-order valence-electron chi connectivity index (χ4n) is 3.45. The summed E-state index contributed by atoms with van der Waals surface area (Å²) in [4.78, 5) is 29.6. The largest absolute Gasteiger partial charge is 0.467 e. The number of hydrogen-bond acceptors (Lipinski definition) is 4. The van der Waals surface area contributed by atoms with Gasteiger partial charge in [0.05, 0.1) is 19.4 Å². The van der Waals surface area contributed by atoms with E-state index in [1.165, 1.54) is 6.08 Å². The van der Waals surface area contributed by atoms with Crippen LogP contribution in [0.1, 0.15) is 23.4 Å². The van der Waals surface area contributed by atoms with Crippen molar-refractivity contribution in [2.75, 3.05) is 26.8 Å². The van der Waals surface area contributed by atoms with Crippen molar-refractivity contribution in [2.45, 2.75) is 19.5 Å². The minimum Gasteiger partial charge on any atom is -0.467 e. The summed E-state index contributed by atoms with van der Waals surface area (Å²) in [6.07, 6.45) is 7.46. The quantitative estimate of drug-likeness (QED) is 0.312. The predicted octanol–water partition coefficient (Wildman–Crippen LogP) is 3.73. The summed E-state index contributed by atoms with van der Waals surface area (Å²) in [6.45, 7) is 1.67. The lowest BCUT2D eigenvalue weighted by Crippen LogP contribution is -2.42. The van der Waals surface area contributed by atoms with Crippen molar-refractivity contribution in [3.63, 3.8) is 0 Å². The Bertz CT molecular complexity index is 1030. The van der Waals surface area contributed by atoms with E-state index in [1.807, 2.05) is 66.3 Å². The van der Waals surface area contributed by atoms with Gasteiger partial charge in [0.1, 0.15) is 12.3 Å². The van der Waals surface area contributed by atoms with Crippen LogP contribution in [0.4, 0.5) is 0 Å². The molecule has 0 bridgehead atoms. The molecule has 0 aliphatic rings. The Kier molecular flexibility index (Phi) is 9.08. The molecule has 0 spiro atoms. The Morgan fingerprint density at radius 1 is 1.03 bits per heavy atom. The molecule has 0 aliphatic carbocycles. The number of nitrogens with zero attached hydrogens (tertiary/aromatic N) is 3. The van der Waals surface area contributed by atoms with E-state index < -0.39 is 0 Å². The molecular weight excluding hydrogens is 418 g/mol. The highest BCUT2D eigenvalue weighted by atomic mass is 16.5. The summed E-state index contributed by atoms with van der Waals surface area (Å²) in [5, 5.41) is 0. The average molecular weight is 450 g/mol. The van der Waals surface area contributed by atoms with Gasteiger partial charge in [-0.05, 0) is 42.3 Å². The summed E-state index contributed by atoms with van der Waals surface area (Å²) in [7, 11) is 3.57. The zero-order valence-corrected chi connectivity index (χ0v) is 19.2. The maximum Gasteiger partial charge on any atom is 0.247 e. The second-order valence-electron chi connectivity index (χ2n) is 7.79. The number of aryl methyl sites for hydroxylation is 1. The summed E-state index contributed by atoms with van der Waals surface area (Å²) in [5.74, 6) is 0.338. The number of hydrogen-bond donors (Lipinski definition) is 0. The smallest absolute Gasteiger partial charge is 0.247 e. The van der Waals surface area contributed by atoms with E-state index in [0.717, 1.165) is 11.3 Å². The Morgan fingerprint density at radius 2 is 1.85 bits per heavy atom. The number of ether oxygens (including phenoxy) is 1. The second kappa shape index (κ2) is 12.5. The topological polar surface area (TPSA) is 67.9 Å².